The molecule has 1 saturated heterocycles. The largest absolute Gasteiger partial charge is 0.366 e. The molecule has 1 aromatic rings. The van der Waals surface area contributed by atoms with E-state index in [2.05, 4.69) is 32.7 Å². The molecule has 3 nitrogen and oxygen atoms in total. The molecule has 0 spiro atoms. The van der Waals surface area contributed by atoms with Crippen LogP contribution in [-0.2, 0) is 0 Å². The Morgan fingerprint density at radius 3 is 2.26 bits per heavy atom. The van der Waals surface area contributed by atoms with Gasteiger partial charge in [0.05, 0.1) is 0 Å². The monoisotopic (exact) mass is 262 g/mol. The maximum absolute atomic E-state index is 10.4. The fourth-order valence-corrected chi connectivity index (χ4v) is 2.25. The van der Waals surface area contributed by atoms with Gasteiger partial charge in [0.25, 0.3) is 0 Å². The van der Waals surface area contributed by atoms with Gasteiger partial charge < -0.3 is 10.6 Å². The molecule has 1 fully saturated rings. The van der Waals surface area contributed by atoms with Crippen molar-refractivity contribution in [1.82, 2.24) is 4.90 Å². The van der Waals surface area contributed by atoms with E-state index in [1.165, 1.54) is 19.4 Å². The SMILES string of the molecule is CC1CCCN(C)C1(C)C.NC(=O)c1ccccc1. The van der Waals surface area contributed by atoms with Crippen molar-refractivity contribution in [2.75, 3.05) is 13.6 Å². The predicted molar refractivity (Wildman–Crippen MR) is 80.1 cm³/mol. The molecule has 0 aliphatic carbocycles. The van der Waals surface area contributed by atoms with Gasteiger partial charge in [0.2, 0.25) is 5.91 Å². The first-order valence-corrected chi connectivity index (χ1v) is 6.91. The summed E-state index contributed by atoms with van der Waals surface area (Å²) in [5, 5.41) is 0. The molecule has 0 saturated carbocycles. The second kappa shape index (κ2) is 6.71. The van der Waals surface area contributed by atoms with Gasteiger partial charge in [0.1, 0.15) is 0 Å². The van der Waals surface area contributed by atoms with Crippen LogP contribution in [0.1, 0.15) is 44.0 Å². The lowest BCUT2D eigenvalue weighted by Gasteiger charge is -2.44. The summed E-state index contributed by atoms with van der Waals surface area (Å²) in [6, 6.07) is 8.76. The number of rotatable bonds is 1. The number of nitrogens with zero attached hydrogens (tertiary/aromatic N) is 1. The maximum Gasteiger partial charge on any atom is 0.248 e. The number of piperidine rings is 1. The molecule has 106 valence electrons. The van der Waals surface area contributed by atoms with E-state index in [1.807, 2.05) is 6.07 Å². The molecule has 19 heavy (non-hydrogen) atoms. The van der Waals surface area contributed by atoms with Crippen LogP contribution in [0.5, 0.6) is 0 Å². The van der Waals surface area contributed by atoms with Crippen LogP contribution in [0.4, 0.5) is 0 Å². The number of benzene rings is 1. The van der Waals surface area contributed by atoms with E-state index in [1.54, 1.807) is 24.3 Å². The molecule has 0 aromatic heterocycles. The molecule has 1 atom stereocenters. The summed E-state index contributed by atoms with van der Waals surface area (Å²) >= 11 is 0. The smallest absolute Gasteiger partial charge is 0.248 e. The minimum absolute atomic E-state index is 0.379. The quantitative estimate of drug-likeness (QED) is 0.846. The number of primary amides is 1. The van der Waals surface area contributed by atoms with E-state index in [4.69, 9.17) is 5.73 Å². The van der Waals surface area contributed by atoms with E-state index >= 15 is 0 Å². The van der Waals surface area contributed by atoms with E-state index in [0.717, 1.165) is 5.92 Å². The fraction of sp³-hybridized carbons (Fsp3) is 0.562. The number of hydrogen-bond donors (Lipinski definition) is 1. The Balaban J connectivity index is 0.000000191. The van der Waals surface area contributed by atoms with Crippen molar-refractivity contribution >= 4 is 5.91 Å². The summed E-state index contributed by atoms with van der Waals surface area (Å²) in [4.78, 5) is 12.9. The van der Waals surface area contributed by atoms with E-state index in [0.29, 0.717) is 11.1 Å². The van der Waals surface area contributed by atoms with Gasteiger partial charge in [0.15, 0.2) is 0 Å². The van der Waals surface area contributed by atoms with Gasteiger partial charge in [-0.3, -0.25) is 4.79 Å². The Morgan fingerprint density at radius 1 is 1.32 bits per heavy atom. The Labute approximate surface area is 116 Å². The molecule has 1 amide bonds. The summed E-state index contributed by atoms with van der Waals surface area (Å²) in [5.74, 6) is 0.474. The number of hydrogen-bond acceptors (Lipinski definition) is 2. The lowest BCUT2D eigenvalue weighted by atomic mass is 9.81. The zero-order valence-corrected chi connectivity index (χ0v) is 12.5. The summed E-state index contributed by atoms with van der Waals surface area (Å²) in [5.41, 5.74) is 5.96. The molecular weight excluding hydrogens is 236 g/mol. The average molecular weight is 262 g/mol. The van der Waals surface area contributed by atoms with Crippen LogP contribution in [0, 0.1) is 5.92 Å². The highest BCUT2D eigenvalue weighted by molar-refractivity contribution is 5.92. The zero-order valence-electron chi connectivity index (χ0n) is 12.5. The van der Waals surface area contributed by atoms with Crippen molar-refractivity contribution < 1.29 is 4.79 Å². The minimum atomic E-state index is -0.379. The van der Waals surface area contributed by atoms with Crippen molar-refractivity contribution in [3.05, 3.63) is 35.9 Å². The van der Waals surface area contributed by atoms with Crippen molar-refractivity contribution in [2.45, 2.75) is 39.2 Å². The normalized spacial score (nSPS) is 22.2. The standard InChI is InChI=1S/C9H19N.C7H7NO/c1-8-6-5-7-10(4)9(8,2)3;8-7(9)6-4-2-1-3-5-6/h8H,5-7H2,1-4H3;1-5H,(H2,8,9). The molecule has 0 bridgehead atoms. The Hall–Kier alpha value is -1.35. The molecule has 1 unspecified atom stereocenters. The predicted octanol–water partition coefficient (Wildman–Crippen LogP) is 2.91. The zero-order chi connectivity index (χ0) is 14.5. The Kier molecular flexibility index (Phi) is 5.55. The van der Waals surface area contributed by atoms with E-state index in [9.17, 15) is 4.79 Å². The second-order valence-electron chi connectivity index (χ2n) is 5.85. The number of amides is 1. The van der Waals surface area contributed by atoms with Crippen LogP contribution >= 0.6 is 0 Å². The highest BCUT2D eigenvalue weighted by atomic mass is 16.1. The molecular formula is C16H26N2O. The van der Waals surface area contributed by atoms with Gasteiger partial charge in [-0.05, 0) is 58.3 Å². The van der Waals surface area contributed by atoms with Crippen molar-refractivity contribution in [2.24, 2.45) is 11.7 Å². The first kappa shape index (κ1) is 15.7. The molecule has 1 heterocycles. The molecule has 1 aliphatic rings. The van der Waals surface area contributed by atoms with Gasteiger partial charge in [0, 0.05) is 11.1 Å². The molecule has 2 N–H and O–H groups in total. The highest BCUT2D eigenvalue weighted by Gasteiger charge is 2.32. The van der Waals surface area contributed by atoms with Crippen LogP contribution < -0.4 is 5.73 Å². The third-order valence-electron chi connectivity index (χ3n) is 4.38. The van der Waals surface area contributed by atoms with E-state index < -0.39 is 0 Å². The number of likely N-dealkylation sites (tertiary alicyclic amines) is 1. The number of carbonyl (C=O) groups is 1. The first-order chi connectivity index (χ1) is 8.85. The van der Waals surface area contributed by atoms with Gasteiger partial charge >= 0.3 is 0 Å². The van der Waals surface area contributed by atoms with Gasteiger partial charge in [-0.2, -0.15) is 0 Å². The van der Waals surface area contributed by atoms with Crippen molar-refractivity contribution in [3.63, 3.8) is 0 Å². The topological polar surface area (TPSA) is 46.3 Å². The maximum atomic E-state index is 10.4. The minimum Gasteiger partial charge on any atom is -0.366 e. The lowest BCUT2D eigenvalue weighted by Crippen LogP contribution is -2.49. The third kappa shape index (κ3) is 4.35. The van der Waals surface area contributed by atoms with Crippen molar-refractivity contribution in [3.8, 4) is 0 Å². The molecule has 1 aliphatic heterocycles. The third-order valence-corrected chi connectivity index (χ3v) is 4.38. The molecule has 1 aromatic carbocycles. The Bertz CT molecular complexity index is 388. The second-order valence-corrected chi connectivity index (χ2v) is 5.85. The summed E-state index contributed by atoms with van der Waals surface area (Å²) < 4.78 is 0. The summed E-state index contributed by atoms with van der Waals surface area (Å²) in [6.07, 6.45) is 2.78. The number of nitrogens with two attached hydrogens (primary N) is 1. The van der Waals surface area contributed by atoms with Crippen LogP contribution in [0.3, 0.4) is 0 Å². The molecule has 0 radical (unpaired) electrons. The fourth-order valence-electron chi connectivity index (χ4n) is 2.25. The lowest BCUT2D eigenvalue weighted by molar-refractivity contribution is 0.0547. The summed E-state index contributed by atoms with van der Waals surface area (Å²) in [7, 11) is 2.23. The van der Waals surface area contributed by atoms with Gasteiger partial charge in [-0.1, -0.05) is 25.1 Å². The van der Waals surface area contributed by atoms with Crippen LogP contribution in [0.25, 0.3) is 0 Å². The Morgan fingerprint density at radius 2 is 1.89 bits per heavy atom. The van der Waals surface area contributed by atoms with Crippen molar-refractivity contribution in [1.29, 1.82) is 0 Å². The van der Waals surface area contributed by atoms with Crippen LogP contribution in [0.2, 0.25) is 0 Å². The number of carbonyl (C=O) groups excluding carboxylic acids is 1. The average Bonchev–Trinajstić information content (AvgIpc) is 2.38. The molecule has 2 rings (SSSR count). The summed E-state index contributed by atoms with van der Waals surface area (Å²) in [6.45, 7) is 8.32. The van der Waals surface area contributed by atoms with E-state index in [-0.39, 0.29) is 5.91 Å². The van der Waals surface area contributed by atoms with Crippen LogP contribution in [0.15, 0.2) is 30.3 Å². The highest BCUT2D eigenvalue weighted by Crippen LogP contribution is 2.30. The molecule has 3 heteroatoms. The first-order valence-electron chi connectivity index (χ1n) is 6.91. The van der Waals surface area contributed by atoms with Crippen LogP contribution in [-0.4, -0.2) is 29.9 Å². The van der Waals surface area contributed by atoms with Gasteiger partial charge in [-0.25, -0.2) is 0 Å². The van der Waals surface area contributed by atoms with Gasteiger partial charge in [-0.15, -0.1) is 0 Å².